The lowest BCUT2D eigenvalue weighted by Crippen LogP contribution is -2.47. The average Bonchev–Trinajstić information content (AvgIpc) is 3.96. The molecule has 0 aliphatic carbocycles. The van der Waals surface area contributed by atoms with Crippen molar-refractivity contribution in [2.24, 2.45) is 0 Å². The lowest BCUT2D eigenvalue weighted by Gasteiger charge is -2.34. The van der Waals surface area contributed by atoms with E-state index in [1.807, 2.05) is 42.5 Å². The number of anilines is 2. The fraction of sp³-hybridized carbons (Fsp3) is 0.349. The van der Waals surface area contributed by atoms with E-state index in [4.69, 9.17) is 26.1 Å². The molecule has 0 radical (unpaired) electrons. The van der Waals surface area contributed by atoms with Crippen LogP contribution in [0.25, 0.3) is 22.8 Å². The second-order valence-corrected chi connectivity index (χ2v) is 15.9. The SMILES string of the molecule is COc1cccc(CCCN2CCN(c3nc(-c4ccc(Cl)cc4)ns3)CC2)c1.COc1cccc(CCN2CCN(c3nc(-c4ccc(F)cc4)ns3)CC2)c1. The summed E-state index contributed by atoms with van der Waals surface area (Å²) in [5, 5.41) is 2.67. The summed E-state index contributed by atoms with van der Waals surface area (Å²) < 4.78 is 32.7. The number of methoxy groups -OCH3 is 2. The van der Waals surface area contributed by atoms with Crippen LogP contribution in [-0.2, 0) is 12.8 Å². The number of hydrogen-bond acceptors (Lipinski definition) is 12. The number of piperazine rings is 2. The molecule has 298 valence electrons. The monoisotopic (exact) mass is 826 g/mol. The van der Waals surface area contributed by atoms with Crippen molar-refractivity contribution in [2.45, 2.75) is 19.3 Å². The van der Waals surface area contributed by atoms with Crippen molar-refractivity contribution >= 4 is 44.9 Å². The van der Waals surface area contributed by atoms with Crippen molar-refractivity contribution in [3.05, 3.63) is 119 Å². The smallest absolute Gasteiger partial charge is 0.205 e. The van der Waals surface area contributed by atoms with Crippen molar-refractivity contribution in [1.82, 2.24) is 28.5 Å². The topological polar surface area (TPSA) is 83.0 Å². The molecular formula is C43H48ClFN8O2S2. The first-order valence-corrected chi connectivity index (χ1v) is 21.2. The maximum Gasteiger partial charge on any atom is 0.205 e. The molecule has 57 heavy (non-hydrogen) atoms. The number of ether oxygens (including phenoxy) is 2. The lowest BCUT2D eigenvalue weighted by molar-refractivity contribution is 0.255. The molecule has 2 aromatic heterocycles. The van der Waals surface area contributed by atoms with Gasteiger partial charge in [0.05, 0.1) is 14.2 Å². The molecule has 6 aromatic rings. The molecule has 0 amide bonds. The number of aromatic nitrogens is 4. The Bertz CT molecular complexity index is 2140. The van der Waals surface area contributed by atoms with Gasteiger partial charge in [0.25, 0.3) is 0 Å². The molecule has 4 heterocycles. The molecule has 0 spiro atoms. The van der Waals surface area contributed by atoms with Gasteiger partial charge in [-0.25, -0.2) is 4.39 Å². The number of benzene rings is 4. The van der Waals surface area contributed by atoms with Crippen LogP contribution in [0.15, 0.2) is 97.1 Å². The second-order valence-electron chi connectivity index (χ2n) is 14.0. The number of hydrogen-bond donors (Lipinski definition) is 0. The van der Waals surface area contributed by atoms with Crippen LogP contribution >= 0.6 is 34.7 Å². The minimum atomic E-state index is -0.246. The van der Waals surface area contributed by atoms with Crippen LogP contribution in [0.2, 0.25) is 5.02 Å². The Morgan fingerprint density at radius 2 is 1.07 bits per heavy atom. The van der Waals surface area contributed by atoms with Crippen LogP contribution in [0.5, 0.6) is 11.5 Å². The highest BCUT2D eigenvalue weighted by molar-refractivity contribution is 7.10. The third kappa shape index (κ3) is 11.5. The molecule has 0 saturated carbocycles. The van der Waals surface area contributed by atoms with Gasteiger partial charge < -0.3 is 19.3 Å². The zero-order valence-electron chi connectivity index (χ0n) is 32.4. The van der Waals surface area contributed by atoms with Crippen molar-refractivity contribution in [2.75, 3.05) is 89.5 Å². The normalized spacial score (nSPS) is 14.9. The zero-order valence-corrected chi connectivity index (χ0v) is 34.8. The Kier molecular flexibility index (Phi) is 14.3. The Morgan fingerprint density at radius 3 is 1.58 bits per heavy atom. The predicted molar refractivity (Wildman–Crippen MR) is 231 cm³/mol. The van der Waals surface area contributed by atoms with Crippen LogP contribution in [-0.4, -0.2) is 108 Å². The number of nitrogens with zero attached hydrogens (tertiary/aromatic N) is 8. The summed E-state index contributed by atoms with van der Waals surface area (Å²) in [7, 11) is 3.42. The maximum absolute atomic E-state index is 13.1. The van der Waals surface area contributed by atoms with Crippen LogP contribution in [0.1, 0.15) is 17.5 Å². The Labute approximate surface area is 347 Å². The van der Waals surface area contributed by atoms with E-state index < -0.39 is 0 Å². The minimum absolute atomic E-state index is 0.246. The third-order valence-electron chi connectivity index (χ3n) is 10.2. The fourth-order valence-electron chi connectivity index (χ4n) is 6.90. The summed E-state index contributed by atoms with van der Waals surface area (Å²) in [5.41, 5.74) is 4.50. The largest absolute Gasteiger partial charge is 0.497 e. The molecule has 0 bridgehead atoms. The summed E-state index contributed by atoms with van der Waals surface area (Å²) in [6.07, 6.45) is 3.26. The average molecular weight is 827 g/mol. The molecular weight excluding hydrogens is 779 g/mol. The first-order valence-electron chi connectivity index (χ1n) is 19.3. The first-order chi connectivity index (χ1) is 27.9. The summed E-state index contributed by atoms with van der Waals surface area (Å²) >= 11 is 8.85. The maximum atomic E-state index is 13.1. The third-order valence-corrected chi connectivity index (χ3v) is 12.1. The molecule has 8 rings (SSSR count). The fourth-order valence-corrected chi connectivity index (χ4v) is 8.50. The van der Waals surface area contributed by atoms with Gasteiger partial charge in [-0.15, -0.1) is 0 Å². The van der Waals surface area contributed by atoms with Gasteiger partial charge in [0.15, 0.2) is 11.6 Å². The van der Waals surface area contributed by atoms with E-state index >= 15 is 0 Å². The lowest BCUT2D eigenvalue weighted by atomic mass is 10.1. The van der Waals surface area contributed by atoms with E-state index in [0.717, 1.165) is 128 Å². The van der Waals surface area contributed by atoms with Crippen molar-refractivity contribution in [3.8, 4) is 34.3 Å². The minimum Gasteiger partial charge on any atom is -0.497 e. The Morgan fingerprint density at radius 1 is 0.596 bits per heavy atom. The summed E-state index contributed by atoms with van der Waals surface area (Å²) in [4.78, 5) is 19.0. The van der Waals surface area contributed by atoms with Gasteiger partial charge in [0.1, 0.15) is 17.3 Å². The molecule has 10 nitrogen and oxygen atoms in total. The molecule has 0 atom stereocenters. The number of rotatable bonds is 13. The molecule has 0 N–H and O–H groups in total. The van der Waals surface area contributed by atoms with Gasteiger partial charge >= 0.3 is 0 Å². The summed E-state index contributed by atoms with van der Waals surface area (Å²) in [6.45, 7) is 10.2. The van der Waals surface area contributed by atoms with Crippen LogP contribution in [0, 0.1) is 5.82 Å². The summed E-state index contributed by atoms with van der Waals surface area (Å²) in [5.74, 6) is 3.05. The van der Waals surface area contributed by atoms with Gasteiger partial charge in [0.2, 0.25) is 10.3 Å². The van der Waals surface area contributed by atoms with E-state index in [9.17, 15) is 4.39 Å². The van der Waals surface area contributed by atoms with E-state index in [1.165, 1.54) is 46.3 Å². The van der Waals surface area contributed by atoms with Gasteiger partial charge in [-0.1, -0.05) is 35.9 Å². The van der Waals surface area contributed by atoms with Crippen LogP contribution in [0.4, 0.5) is 14.7 Å². The van der Waals surface area contributed by atoms with Gasteiger partial charge in [0, 0.05) is 98.1 Å². The molecule has 2 fully saturated rings. The molecule has 0 unspecified atom stereocenters. The second kappa shape index (κ2) is 20.2. The molecule has 2 saturated heterocycles. The van der Waals surface area contributed by atoms with Crippen molar-refractivity contribution < 1.29 is 13.9 Å². The molecule has 14 heteroatoms. The Balaban J connectivity index is 0.000000174. The van der Waals surface area contributed by atoms with E-state index in [0.29, 0.717) is 5.82 Å². The molecule has 2 aliphatic rings. The predicted octanol–water partition coefficient (Wildman–Crippen LogP) is 8.34. The van der Waals surface area contributed by atoms with E-state index in [1.54, 1.807) is 26.4 Å². The highest BCUT2D eigenvalue weighted by Crippen LogP contribution is 2.27. The highest BCUT2D eigenvalue weighted by atomic mass is 35.5. The van der Waals surface area contributed by atoms with Gasteiger partial charge in [-0.3, -0.25) is 9.80 Å². The van der Waals surface area contributed by atoms with E-state index in [2.05, 4.69) is 63.7 Å². The molecule has 2 aliphatic heterocycles. The number of halogens is 2. The quantitative estimate of drug-likeness (QED) is 0.113. The standard InChI is InChI=1S/C22H25ClN4OS.C21H23FN4OS/c1-28-20-6-2-4-17(16-20)5-3-11-26-12-14-27(15-13-26)22-24-21(25-29-22)18-7-9-19(23)10-8-18;1-27-19-4-2-3-16(15-19)9-10-25-11-13-26(14-12-25)21-23-20(24-28-21)17-5-7-18(22)8-6-17/h2,4,6-10,16H,3,5,11-15H2,1H3;2-8,15H,9-14H2,1H3. The number of aryl methyl sites for hydroxylation is 1. The van der Waals surface area contributed by atoms with Crippen LogP contribution in [0.3, 0.4) is 0 Å². The first kappa shape index (κ1) is 40.5. The van der Waals surface area contributed by atoms with Crippen LogP contribution < -0.4 is 19.3 Å². The van der Waals surface area contributed by atoms with Gasteiger partial charge in [-0.05, 0) is 110 Å². The van der Waals surface area contributed by atoms with E-state index in [-0.39, 0.29) is 5.82 Å². The van der Waals surface area contributed by atoms with Gasteiger partial charge in [-0.2, -0.15) is 18.7 Å². The zero-order chi connectivity index (χ0) is 39.4. The summed E-state index contributed by atoms with van der Waals surface area (Å²) in [6, 6.07) is 30.6. The van der Waals surface area contributed by atoms with Crippen molar-refractivity contribution in [1.29, 1.82) is 0 Å². The van der Waals surface area contributed by atoms with Crippen molar-refractivity contribution in [3.63, 3.8) is 0 Å². The Hall–Kier alpha value is -4.66. The molecule has 4 aromatic carbocycles. The highest BCUT2D eigenvalue weighted by Gasteiger charge is 2.22.